The number of nitrogens with zero attached hydrogens (tertiary/aromatic N) is 1. The Balaban J connectivity index is 1.62. The summed E-state index contributed by atoms with van der Waals surface area (Å²) in [5.74, 6) is 1.44. The first-order valence-electron chi connectivity index (χ1n) is 9.62. The van der Waals surface area contributed by atoms with Gasteiger partial charge in [-0.1, -0.05) is 72.4 Å². The van der Waals surface area contributed by atoms with Crippen LogP contribution in [0.25, 0.3) is 22.6 Å². The first-order chi connectivity index (χ1) is 14.7. The molecule has 0 unspecified atom stereocenters. The van der Waals surface area contributed by atoms with Crippen LogP contribution in [-0.4, -0.2) is 23.1 Å². The van der Waals surface area contributed by atoms with E-state index in [0.717, 1.165) is 22.6 Å². The Morgan fingerprint density at radius 2 is 1.50 bits per heavy atom. The van der Waals surface area contributed by atoms with Crippen molar-refractivity contribution < 1.29 is 13.9 Å². The minimum atomic E-state index is -0.343. The van der Waals surface area contributed by atoms with Crippen LogP contribution in [-0.2, 0) is 0 Å². The highest BCUT2D eigenvalue weighted by atomic mass is 32.2. The zero-order valence-electron chi connectivity index (χ0n) is 16.7. The number of hydrogen-bond acceptors (Lipinski definition) is 5. The third kappa shape index (κ3) is 4.31. The third-order valence-corrected chi connectivity index (χ3v) is 5.66. The number of benzene rings is 3. The van der Waals surface area contributed by atoms with Crippen LogP contribution in [0.3, 0.4) is 0 Å². The Labute approximate surface area is 179 Å². The summed E-state index contributed by atoms with van der Waals surface area (Å²) in [4.78, 5) is 17.6. The molecular formula is C25H21NO3S. The normalized spacial score (nSPS) is 11.8. The lowest BCUT2D eigenvalue weighted by molar-refractivity contribution is 0.0993. The number of carbonyl (C=O) groups is 1. The molecule has 4 aromatic rings. The zero-order valence-corrected chi connectivity index (χ0v) is 17.6. The molecule has 0 aliphatic rings. The van der Waals surface area contributed by atoms with E-state index < -0.39 is 0 Å². The molecule has 4 nitrogen and oxygen atoms in total. The van der Waals surface area contributed by atoms with E-state index in [0.29, 0.717) is 16.5 Å². The van der Waals surface area contributed by atoms with E-state index >= 15 is 0 Å². The van der Waals surface area contributed by atoms with Crippen molar-refractivity contribution in [1.29, 1.82) is 0 Å². The Hall–Kier alpha value is -3.31. The molecule has 0 fully saturated rings. The summed E-state index contributed by atoms with van der Waals surface area (Å²) in [6.45, 7) is 1.87. The zero-order chi connectivity index (χ0) is 20.9. The molecule has 4 rings (SSSR count). The van der Waals surface area contributed by atoms with Crippen LogP contribution in [0.5, 0.6) is 5.75 Å². The number of aromatic nitrogens is 1. The lowest BCUT2D eigenvalue weighted by atomic mass is 10.1. The van der Waals surface area contributed by atoms with Crippen LogP contribution in [0.1, 0.15) is 17.3 Å². The molecule has 0 radical (unpaired) electrons. The van der Waals surface area contributed by atoms with Crippen LogP contribution < -0.4 is 4.74 Å². The predicted octanol–water partition coefficient (Wildman–Crippen LogP) is 6.38. The molecule has 0 spiro atoms. The monoisotopic (exact) mass is 415 g/mol. The summed E-state index contributed by atoms with van der Waals surface area (Å²) < 4.78 is 11.3. The van der Waals surface area contributed by atoms with Crippen molar-refractivity contribution in [2.45, 2.75) is 17.4 Å². The van der Waals surface area contributed by atoms with Crippen molar-refractivity contribution in [3.05, 3.63) is 90.5 Å². The summed E-state index contributed by atoms with van der Waals surface area (Å²) in [6, 6.07) is 26.9. The van der Waals surface area contributed by atoms with Gasteiger partial charge in [-0.3, -0.25) is 4.79 Å². The molecule has 0 saturated heterocycles. The average molecular weight is 416 g/mol. The molecule has 0 N–H and O–H groups in total. The van der Waals surface area contributed by atoms with Gasteiger partial charge in [0, 0.05) is 16.7 Å². The van der Waals surface area contributed by atoms with E-state index in [2.05, 4.69) is 0 Å². The van der Waals surface area contributed by atoms with Crippen LogP contribution >= 0.6 is 11.8 Å². The molecule has 1 heterocycles. The van der Waals surface area contributed by atoms with Crippen LogP contribution in [0, 0.1) is 0 Å². The highest BCUT2D eigenvalue weighted by Gasteiger charge is 2.22. The van der Waals surface area contributed by atoms with Gasteiger partial charge in [-0.2, -0.15) is 0 Å². The second-order valence-corrected chi connectivity index (χ2v) is 8.03. The van der Waals surface area contributed by atoms with Crippen molar-refractivity contribution in [3.8, 4) is 28.3 Å². The molecule has 3 aromatic carbocycles. The average Bonchev–Trinajstić information content (AvgIpc) is 3.23. The fourth-order valence-corrected chi connectivity index (χ4v) is 3.94. The first kappa shape index (κ1) is 20.0. The molecule has 0 amide bonds. The minimum absolute atomic E-state index is 0.0170. The van der Waals surface area contributed by atoms with Crippen LogP contribution in [0.15, 0.2) is 94.6 Å². The van der Waals surface area contributed by atoms with Crippen molar-refractivity contribution >= 4 is 17.5 Å². The van der Waals surface area contributed by atoms with E-state index in [9.17, 15) is 4.79 Å². The number of carbonyl (C=O) groups excluding carboxylic acids is 1. The van der Waals surface area contributed by atoms with Gasteiger partial charge in [-0.25, -0.2) is 4.98 Å². The van der Waals surface area contributed by atoms with Crippen molar-refractivity contribution in [2.24, 2.45) is 0 Å². The predicted molar refractivity (Wildman–Crippen MR) is 120 cm³/mol. The number of ketones is 1. The maximum atomic E-state index is 12.8. The molecule has 0 saturated carbocycles. The summed E-state index contributed by atoms with van der Waals surface area (Å²) in [5.41, 5.74) is 3.33. The van der Waals surface area contributed by atoms with Gasteiger partial charge in [-0.05, 0) is 31.2 Å². The summed E-state index contributed by atoms with van der Waals surface area (Å²) in [6.07, 6.45) is 0. The number of oxazole rings is 1. The standard InChI is InChI=1S/C25H21NO3S/c1-17(23(27)19-13-15-21(28-2)16-14-19)30-25-26-22(18-9-5-3-6-10-18)24(29-25)20-11-7-4-8-12-20/h3-17H,1-2H3/t17-/m1/s1. The van der Waals surface area contributed by atoms with Crippen molar-refractivity contribution in [1.82, 2.24) is 4.98 Å². The van der Waals surface area contributed by atoms with Gasteiger partial charge in [0.1, 0.15) is 11.4 Å². The van der Waals surface area contributed by atoms with Crippen LogP contribution in [0.4, 0.5) is 0 Å². The topological polar surface area (TPSA) is 52.3 Å². The molecular weight excluding hydrogens is 394 g/mol. The Bertz CT molecular complexity index is 1070. The smallest absolute Gasteiger partial charge is 0.257 e. The van der Waals surface area contributed by atoms with Crippen LogP contribution in [0.2, 0.25) is 0 Å². The fraction of sp³-hybridized carbons (Fsp3) is 0.120. The van der Waals surface area contributed by atoms with Gasteiger partial charge in [0.05, 0.1) is 12.4 Å². The number of rotatable bonds is 7. The summed E-state index contributed by atoms with van der Waals surface area (Å²) in [5, 5.41) is 0.131. The maximum absolute atomic E-state index is 12.8. The number of Topliss-reactive ketones (excluding diaryl/α,β-unsaturated/α-hetero) is 1. The molecule has 0 bridgehead atoms. The van der Waals surface area contributed by atoms with Crippen molar-refractivity contribution in [2.75, 3.05) is 7.11 Å². The molecule has 0 aliphatic carbocycles. The van der Waals surface area contributed by atoms with Gasteiger partial charge < -0.3 is 9.15 Å². The molecule has 30 heavy (non-hydrogen) atoms. The van der Waals surface area contributed by atoms with Gasteiger partial charge in [0.25, 0.3) is 5.22 Å². The van der Waals surface area contributed by atoms with E-state index in [1.54, 1.807) is 31.4 Å². The lowest BCUT2D eigenvalue weighted by Gasteiger charge is -2.08. The van der Waals surface area contributed by atoms with Gasteiger partial charge in [0.2, 0.25) is 0 Å². The molecule has 1 atom stereocenters. The van der Waals surface area contributed by atoms with E-state index in [1.165, 1.54) is 11.8 Å². The fourth-order valence-electron chi connectivity index (χ4n) is 3.12. The van der Waals surface area contributed by atoms with E-state index in [-0.39, 0.29) is 11.0 Å². The number of thioether (sulfide) groups is 1. The molecule has 1 aromatic heterocycles. The highest BCUT2D eigenvalue weighted by molar-refractivity contribution is 8.00. The minimum Gasteiger partial charge on any atom is -0.497 e. The molecule has 0 aliphatic heterocycles. The van der Waals surface area contributed by atoms with E-state index in [4.69, 9.17) is 14.1 Å². The number of ether oxygens (including phenoxy) is 1. The summed E-state index contributed by atoms with van der Waals surface area (Å²) >= 11 is 1.32. The van der Waals surface area contributed by atoms with E-state index in [1.807, 2.05) is 67.6 Å². The van der Waals surface area contributed by atoms with Gasteiger partial charge >= 0.3 is 0 Å². The molecule has 150 valence electrons. The van der Waals surface area contributed by atoms with Gasteiger partial charge in [-0.15, -0.1) is 0 Å². The largest absolute Gasteiger partial charge is 0.497 e. The SMILES string of the molecule is COc1ccc(C(=O)[C@@H](C)Sc2nc(-c3ccccc3)c(-c3ccccc3)o2)cc1. The lowest BCUT2D eigenvalue weighted by Crippen LogP contribution is -2.13. The first-order valence-corrected chi connectivity index (χ1v) is 10.5. The highest BCUT2D eigenvalue weighted by Crippen LogP contribution is 2.37. The molecule has 5 heteroatoms. The van der Waals surface area contributed by atoms with Gasteiger partial charge in [0.15, 0.2) is 11.5 Å². The Morgan fingerprint density at radius 1 is 0.900 bits per heavy atom. The second kappa shape index (κ2) is 9.01. The Kier molecular flexibility index (Phi) is 6.00. The second-order valence-electron chi connectivity index (χ2n) is 6.74. The number of hydrogen-bond donors (Lipinski definition) is 0. The maximum Gasteiger partial charge on any atom is 0.257 e. The number of methoxy groups -OCH3 is 1. The van der Waals surface area contributed by atoms with Crippen molar-refractivity contribution in [3.63, 3.8) is 0 Å². The third-order valence-electron chi connectivity index (χ3n) is 4.71. The summed E-state index contributed by atoms with van der Waals surface area (Å²) in [7, 11) is 1.60. The Morgan fingerprint density at radius 3 is 2.10 bits per heavy atom. The quantitative estimate of drug-likeness (QED) is 0.259.